The predicted molar refractivity (Wildman–Crippen MR) is 102 cm³/mol. The van der Waals surface area contributed by atoms with Gasteiger partial charge in [-0.3, -0.25) is 4.98 Å². The molecule has 0 unspecified atom stereocenters. The molecule has 0 saturated carbocycles. The fraction of sp³-hybridized carbons (Fsp3) is 0.0500. The van der Waals surface area contributed by atoms with Crippen molar-refractivity contribution in [1.82, 2.24) is 15.0 Å². The van der Waals surface area contributed by atoms with Gasteiger partial charge in [-0.05, 0) is 36.4 Å². The van der Waals surface area contributed by atoms with Crippen LogP contribution in [0.2, 0.25) is 0 Å². The number of aromatic nitrogens is 3. The first kappa shape index (κ1) is 16.0. The van der Waals surface area contributed by atoms with E-state index in [4.69, 9.17) is 0 Å². The van der Waals surface area contributed by atoms with Gasteiger partial charge in [0.1, 0.15) is 0 Å². The summed E-state index contributed by atoms with van der Waals surface area (Å²) in [4.78, 5) is 14.5. The summed E-state index contributed by atoms with van der Waals surface area (Å²) < 4.78 is 14.2. The van der Waals surface area contributed by atoms with E-state index in [0.29, 0.717) is 5.95 Å². The minimum absolute atomic E-state index is 0.126. The summed E-state index contributed by atoms with van der Waals surface area (Å²) in [6.45, 7) is 0. The summed E-state index contributed by atoms with van der Waals surface area (Å²) >= 11 is 0. The Morgan fingerprint density at radius 1 is 0.962 bits per heavy atom. The van der Waals surface area contributed by atoms with Gasteiger partial charge in [0, 0.05) is 30.0 Å². The molecule has 5 nitrogen and oxygen atoms in total. The zero-order valence-corrected chi connectivity index (χ0v) is 14.1. The molecule has 0 atom stereocenters. The van der Waals surface area contributed by atoms with Gasteiger partial charge < -0.3 is 10.2 Å². The van der Waals surface area contributed by atoms with Gasteiger partial charge in [0.05, 0.1) is 11.7 Å². The van der Waals surface area contributed by atoms with Crippen molar-refractivity contribution in [3.63, 3.8) is 0 Å². The first-order valence-corrected chi connectivity index (χ1v) is 8.14. The van der Waals surface area contributed by atoms with Gasteiger partial charge in [-0.25, -0.2) is 9.37 Å². The summed E-state index contributed by atoms with van der Waals surface area (Å²) in [5.74, 6) is 0.0186. The SMILES string of the molecule is CN(c1ccccc1)c1ncc(F)c(Nc2ccc3ncccc3c2)n1. The van der Waals surface area contributed by atoms with Gasteiger partial charge in [-0.1, -0.05) is 24.3 Å². The second-order valence-corrected chi connectivity index (χ2v) is 5.80. The van der Waals surface area contributed by atoms with Crippen LogP contribution in [0.15, 0.2) is 73.1 Å². The summed E-state index contributed by atoms with van der Waals surface area (Å²) in [5, 5.41) is 4.00. The number of nitrogens with one attached hydrogen (secondary N) is 1. The van der Waals surface area contributed by atoms with Crippen molar-refractivity contribution in [2.24, 2.45) is 0 Å². The van der Waals surface area contributed by atoms with Crippen molar-refractivity contribution in [3.8, 4) is 0 Å². The third-order valence-electron chi connectivity index (χ3n) is 4.04. The molecule has 0 aliphatic heterocycles. The van der Waals surface area contributed by atoms with Gasteiger partial charge in [0.2, 0.25) is 5.95 Å². The molecule has 2 heterocycles. The molecule has 6 heteroatoms. The van der Waals surface area contributed by atoms with Gasteiger partial charge in [-0.15, -0.1) is 0 Å². The van der Waals surface area contributed by atoms with E-state index in [2.05, 4.69) is 20.3 Å². The largest absolute Gasteiger partial charge is 0.338 e. The first-order chi connectivity index (χ1) is 12.7. The van der Waals surface area contributed by atoms with Gasteiger partial charge in [0.25, 0.3) is 0 Å². The zero-order chi connectivity index (χ0) is 17.9. The number of hydrogen-bond acceptors (Lipinski definition) is 5. The van der Waals surface area contributed by atoms with Crippen LogP contribution < -0.4 is 10.2 Å². The highest BCUT2D eigenvalue weighted by atomic mass is 19.1. The maximum Gasteiger partial charge on any atom is 0.231 e. The predicted octanol–water partition coefficient (Wildman–Crippen LogP) is 4.68. The van der Waals surface area contributed by atoms with Crippen molar-refractivity contribution >= 4 is 34.0 Å². The molecule has 0 bridgehead atoms. The normalized spacial score (nSPS) is 10.7. The topological polar surface area (TPSA) is 53.9 Å². The summed E-state index contributed by atoms with van der Waals surface area (Å²) in [6, 6.07) is 19.1. The number of nitrogens with zero attached hydrogens (tertiary/aromatic N) is 4. The smallest absolute Gasteiger partial charge is 0.231 e. The van der Waals surface area contributed by atoms with Gasteiger partial charge >= 0.3 is 0 Å². The lowest BCUT2D eigenvalue weighted by molar-refractivity contribution is 0.618. The Morgan fingerprint density at radius 2 is 1.81 bits per heavy atom. The van der Waals surface area contributed by atoms with Crippen LogP contribution in [0.1, 0.15) is 0 Å². The molecule has 0 radical (unpaired) electrons. The average molecular weight is 345 g/mol. The monoisotopic (exact) mass is 345 g/mol. The molecule has 2 aromatic heterocycles. The van der Waals surface area contributed by atoms with Gasteiger partial charge in [0.15, 0.2) is 11.6 Å². The molecule has 0 spiro atoms. The number of rotatable bonds is 4. The number of pyridine rings is 1. The van der Waals surface area contributed by atoms with Gasteiger partial charge in [-0.2, -0.15) is 4.98 Å². The molecule has 0 aliphatic carbocycles. The second kappa shape index (κ2) is 6.76. The number of para-hydroxylation sites is 1. The Bertz CT molecular complexity index is 1050. The van der Waals surface area contributed by atoms with Crippen molar-refractivity contribution in [2.75, 3.05) is 17.3 Å². The van der Waals surface area contributed by atoms with Crippen molar-refractivity contribution in [2.45, 2.75) is 0 Å². The summed E-state index contributed by atoms with van der Waals surface area (Å²) in [5.41, 5.74) is 2.53. The Hall–Kier alpha value is -3.54. The highest BCUT2D eigenvalue weighted by Gasteiger charge is 2.12. The van der Waals surface area contributed by atoms with E-state index in [1.807, 2.05) is 67.7 Å². The third-order valence-corrected chi connectivity index (χ3v) is 4.04. The number of benzene rings is 2. The molecule has 0 amide bonds. The molecule has 26 heavy (non-hydrogen) atoms. The van der Waals surface area contributed by atoms with E-state index in [1.54, 1.807) is 11.1 Å². The van der Waals surface area contributed by atoms with E-state index in [9.17, 15) is 4.39 Å². The average Bonchev–Trinajstić information content (AvgIpc) is 2.70. The van der Waals surface area contributed by atoms with Crippen LogP contribution in [0.25, 0.3) is 10.9 Å². The standard InChI is InChI=1S/C20H16FN5/c1-26(16-7-3-2-4-8-16)20-23-13-17(21)19(25-20)24-15-9-10-18-14(12-15)6-5-11-22-18/h2-13H,1H3,(H,23,24,25). The fourth-order valence-corrected chi connectivity index (χ4v) is 2.66. The van der Waals surface area contributed by atoms with E-state index >= 15 is 0 Å². The minimum atomic E-state index is -0.513. The Kier molecular flexibility index (Phi) is 4.15. The quantitative estimate of drug-likeness (QED) is 0.582. The van der Waals surface area contributed by atoms with E-state index in [1.165, 1.54) is 6.20 Å². The molecule has 128 valence electrons. The molecule has 1 N–H and O–H groups in total. The van der Waals surface area contributed by atoms with Crippen LogP contribution in [0.5, 0.6) is 0 Å². The number of hydrogen-bond donors (Lipinski definition) is 1. The van der Waals surface area contributed by atoms with Crippen LogP contribution in [0, 0.1) is 5.82 Å². The molecule has 0 saturated heterocycles. The molecule has 4 aromatic rings. The maximum atomic E-state index is 14.2. The lowest BCUT2D eigenvalue weighted by Crippen LogP contribution is -2.14. The lowest BCUT2D eigenvalue weighted by atomic mass is 10.2. The van der Waals surface area contributed by atoms with Crippen LogP contribution in [0.3, 0.4) is 0 Å². The Balaban J connectivity index is 1.65. The molecular weight excluding hydrogens is 329 g/mol. The van der Waals surface area contributed by atoms with Crippen LogP contribution >= 0.6 is 0 Å². The molecule has 2 aromatic carbocycles. The summed E-state index contributed by atoms with van der Waals surface area (Å²) in [7, 11) is 1.84. The van der Waals surface area contributed by atoms with Crippen molar-refractivity contribution < 1.29 is 4.39 Å². The van der Waals surface area contributed by atoms with Crippen molar-refractivity contribution in [3.05, 3.63) is 78.9 Å². The zero-order valence-electron chi connectivity index (χ0n) is 14.1. The summed E-state index contributed by atoms with van der Waals surface area (Å²) in [6.07, 6.45) is 2.91. The molecular formula is C20H16FN5. The number of halogens is 1. The molecule has 4 rings (SSSR count). The minimum Gasteiger partial charge on any atom is -0.338 e. The lowest BCUT2D eigenvalue weighted by Gasteiger charge is -2.18. The highest BCUT2D eigenvalue weighted by Crippen LogP contribution is 2.25. The third kappa shape index (κ3) is 3.17. The second-order valence-electron chi connectivity index (χ2n) is 5.80. The fourth-order valence-electron chi connectivity index (χ4n) is 2.66. The Morgan fingerprint density at radius 3 is 2.65 bits per heavy atom. The van der Waals surface area contributed by atoms with E-state index < -0.39 is 5.82 Å². The van der Waals surface area contributed by atoms with Crippen LogP contribution in [-0.4, -0.2) is 22.0 Å². The van der Waals surface area contributed by atoms with Crippen LogP contribution in [0.4, 0.5) is 27.5 Å². The molecule has 0 fully saturated rings. The number of anilines is 4. The number of fused-ring (bicyclic) bond motifs is 1. The molecule has 0 aliphatic rings. The van der Waals surface area contributed by atoms with Crippen LogP contribution in [-0.2, 0) is 0 Å². The van der Waals surface area contributed by atoms with Crippen molar-refractivity contribution in [1.29, 1.82) is 0 Å². The van der Waals surface area contributed by atoms with E-state index in [0.717, 1.165) is 22.3 Å². The maximum absolute atomic E-state index is 14.2. The van der Waals surface area contributed by atoms with E-state index in [-0.39, 0.29) is 5.82 Å². The Labute approximate surface area is 150 Å². The first-order valence-electron chi connectivity index (χ1n) is 8.14. The highest BCUT2D eigenvalue weighted by molar-refractivity contribution is 5.83.